The number of hydrogen-bond donors (Lipinski definition) is 1. The van der Waals surface area contributed by atoms with E-state index >= 15 is 0 Å². The summed E-state index contributed by atoms with van der Waals surface area (Å²) in [7, 11) is 2.16. The smallest absolute Gasteiger partial charge is 0.0271 e. The van der Waals surface area contributed by atoms with Gasteiger partial charge in [0.15, 0.2) is 0 Å². The van der Waals surface area contributed by atoms with Crippen LogP contribution in [0.5, 0.6) is 0 Å². The molecule has 0 fully saturated rings. The first kappa shape index (κ1) is 13.1. The van der Waals surface area contributed by atoms with Crippen molar-refractivity contribution in [2.45, 2.75) is 26.3 Å². The molecule has 0 aliphatic rings. The van der Waals surface area contributed by atoms with Gasteiger partial charge in [-0.25, -0.2) is 0 Å². The van der Waals surface area contributed by atoms with Crippen LogP contribution in [-0.4, -0.2) is 30.0 Å². The summed E-state index contributed by atoms with van der Waals surface area (Å²) in [6.45, 7) is 5.14. The van der Waals surface area contributed by atoms with Crippen LogP contribution in [0.4, 0.5) is 0 Å². The van der Waals surface area contributed by atoms with Crippen LogP contribution in [0.25, 0.3) is 0 Å². The Labute approximate surface area is 98.7 Å². The molecular weight excluding hydrogens is 198 g/mol. The van der Waals surface area contributed by atoms with Crippen LogP contribution in [0.1, 0.15) is 25.3 Å². The molecule has 1 unspecified atom stereocenters. The van der Waals surface area contributed by atoms with E-state index in [1.54, 1.807) is 0 Å². The highest BCUT2D eigenvalue weighted by Gasteiger charge is 2.02. The number of rotatable bonds is 7. The molecule has 0 aliphatic heterocycles. The Bertz CT molecular complexity index is 274. The van der Waals surface area contributed by atoms with Crippen molar-refractivity contribution in [2.75, 3.05) is 20.1 Å². The molecule has 0 saturated heterocycles. The topological polar surface area (TPSA) is 42.1 Å². The lowest BCUT2D eigenvalue weighted by Gasteiger charge is -2.17. The van der Waals surface area contributed by atoms with E-state index < -0.39 is 0 Å². The van der Waals surface area contributed by atoms with Gasteiger partial charge < -0.3 is 10.6 Å². The second-order valence-corrected chi connectivity index (χ2v) is 4.58. The third kappa shape index (κ3) is 5.24. The molecule has 0 amide bonds. The first-order valence-corrected chi connectivity index (χ1v) is 6.00. The molecule has 0 aliphatic carbocycles. The van der Waals surface area contributed by atoms with Gasteiger partial charge in [0.05, 0.1) is 0 Å². The van der Waals surface area contributed by atoms with Crippen molar-refractivity contribution in [1.82, 2.24) is 9.88 Å². The van der Waals surface area contributed by atoms with Gasteiger partial charge in [0.1, 0.15) is 0 Å². The van der Waals surface area contributed by atoms with Crippen molar-refractivity contribution in [1.29, 1.82) is 0 Å². The summed E-state index contributed by atoms with van der Waals surface area (Å²) in [4.78, 5) is 6.36. The number of pyridine rings is 1. The van der Waals surface area contributed by atoms with E-state index in [0.717, 1.165) is 19.6 Å². The van der Waals surface area contributed by atoms with Crippen LogP contribution in [0.3, 0.4) is 0 Å². The molecular formula is C13H23N3. The summed E-state index contributed by atoms with van der Waals surface area (Å²) in [6, 6.07) is 4.14. The monoisotopic (exact) mass is 221 g/mol. The molecule has 1 aromatic rings. The fraction of sp³-hybridized carbons (Fsp3) is 0.615. The van der Waals surface area contributed by atoms with Crippen molar-refractivity contribution in [2.24, 2.45) is 11.7 Å². The summed E-state index contributed by atoms with van der Waals surface area (Å²) in [5.74, 6) is 0.648. The minimum absolute atomic E-state index is 0.648. The van der Waals surface area contributed by atoms with Gasteiger partial charge in [-0.15, -0.1) is 0 Å². The van der Waals surface area contributed by atoms with Gasteiger partial charge in [0.2, 0.25) is 0 Å². The van der Waals surface area contributed by atoms with Gasteiger partial charge in [0, 0.05) is 18.9 Å². The van der Waals surface area contributed by atoms with E-state index in [4.69, 9.17) is 5.73 Å². The zero-order valence-electron chi connectivity index (χ0n) is 10.4. The van der Waals surface area contributed by atoms with Crippen molar-refractivity contribution in [3.05, 3.63) is 30.1 Å². The Morgan fingerprint density at radius 3 is 2.69 bits per heavy atom. The minimum Gasteiger partial charge on any atom is -0.330 e. The second-order valence-electron chi connectivity index (χ2n) is 4.58. The molecule has 3 nitrogen and oxygen atoms in total. The van der Waals surface area contributed by atoms with E-state index in [9.17, 15) is 0 Å². The maximum absolute atomic E-state index is 5.59. The number of aromatic nitrogens is 1. The molecule has 1 atom stereocenters. The van der Waals surface area contributed by atoms with Gasteiger partial charge in [-0.3, -0.25) is 4.98 Å². The van der Waals surface area contributed by atoms with Gasteiger partial charge in [0.25, 0.3) is 0 Å². The van der Waals surface area contributed by atoms with E-state index in [2.05, 4.69) is 36.0 Å². The SMILES string of the molecule is CC(CN)CCCN(C)Cc1ccncc1. The highest BCUT2D eigenvalue weighted by molar-refractivity contribution is 5.09. The minimum atomic E-state index is 0.648. The highest BCUT2D eigenvalue weighted by atomic mass is 15.1. The van der Waals surface area contributed by atoms with Crippen LogP contribution >= 0.6 is 0 Å². The standard InChI is InChI=1S/C13H23N3/c1-12(10-14)4-3-9-16(2)11-13-5-7-15-8-6-13/h5-8,12H,3-4,9-11,14H2,1-2H3. The Balaban J connectivity index is 2.19. The molecule has 2 N–H and O–H groups in total. The van der Waals surface area contributed by atoms with Crippen LogP contribution in [0.15, 0.2) is 24.5 Å². The Morgan fingerprint density at radius 1 is 1.38 bits per heavy atom. The second kappa shape index (κ2) is 7.36. The van der Waals surface area contributed by atoms with E-state index in [1.807, 2.05) is 12.4 Å². The fourth-order valence-electron chi connectivity index (χ4n) is 1.71. The van der Waals surface area contributed by atoms with E-state index in [0.29, 0.717) is 5.92 Å². The fourth-order valence-corrected chi connectivity index (χ4v) is 1.71. The maximum Gasteiger partial charge on any atom is 0.0271 e. The highest BCUT2D eigenvalue weighted by Crippen LogP contribution is 2.06. The summed E-state index contributed by atoms with van der Waals surface area (Å²) >= 11 is 0. The molecule has 1 rings (SSSR count). The molecule has 0 saturated carbocycles. The van der Waals surface area contributed by atoms with Gasteiger partial charge >= 0.3 is 0 Å². The number of nitrogens with two attached hydrogens (primary N) is 1. The Morgan fingerprint density at radius 2 is 2.06 bits per heavy atom. The third-order valence-electron chi connectivity index (χ3n) is 2.84. The Hall–Kier alpha value is -0.930. The molecule has 0 bridgehead atoms. The molecule has 90 valence electrons. The average Bonchev–Trinajstić information content (AvgIpc) is 2.30. The van der Waals surface area contributed by atoms with Gasteiger partial charge in [-0.05, 0) is 56.6 Å². The lowest BCUT2D eigenvalue weighted by atomic mass is 10.1. The summed E-state index contributed by atoms with van der Waals surface area (Å²) in [6.07, 6.45) is 6.14. The molecule has 16 heavy (non-hydrogen) atoms. The molecule has 1 heterocycles. The first-order chi connectivity index (χ1) is 7.72. The summed E-state index contributed by atoms with van der Waals surface area (Å²) in [5.41, 5.74) is 6.92. The Kier molecular flexibility index (Phi) is 6.04. The van der Waals surface area contributed by atoms with Crippen molar-refractivity contribution < 1.29 is 0 Å². The van der Waals surface area contributed by atoms with Crippen molar-refractivity contribution >= 4 is 0 Å². The molecule has 1 aromatic heterocycles. The van der Waals surface area contributed by atoms with E-state index in [1.165, 1.54) is 18.4 Å². The van der Waals surface area contributed by atoms with Crippen LogP contribution in [0.2, 0.25) is 0 Å². The summed E-state index contributed by atoms with van der Waals surface area (Å²) in [5, 5.41) is 0. The molecule has 0 radical (unpaired) electrons. The normalized spacial score (nSPS) is 13.0. The summed E-state index contributed by atoms with van der Waals surface area (Å²) < 4.78 is 0. The van der Waals surface area contributed by atoms with E-state index in [-0.39, 0.29) is 0 Å². The van der Waals surface area contributed by atoms with Crippen LogP contribution in [-0.2, 0) is 6.54 Å². The van der Waals surface area contributed by atoms with Crippen LogP contribution < -0.4 is 5.73 Å². The van der Waals surface area contributed by atoms with Crippen molar-refractivity contribution in [3.63, 3.8) is 0 Å². The molecule has 3 heteroatoms. The lowest BCUT2D eigenvalue weighted by molar-refractivity contribution is 0.309. The lowest BCUT2D eigenvalue weighted by Crippen LogP contribution is -2.20. The number of nitrogens with zero attached hydrogens (tertiary/aromatic N) is 2. The number of hydrogen-bond acceptors (Lipinski definition) is 3. The third-order valence-corrected chi connectivity index (χ3v) is 2.84. The predicted octanol–water partition coefficient (Wildman–Crippen LogP) is 1.89. The van der Waals surface area contributed by atoms with Crippen LogP contribution in [0, 0.1) is 5.92 Å². The predicted molar refractivity (Wildman–Crippen MR) is 68.0 cm³/mol. The first-order valence-electron chi connectivity index (χ1n) is 6.00. The van der Waals surface area contributed by atoms with Crippen molar-refractivity contribution in [3.8, 4) is 0 Å². The zero-order valence-corrected chi connectivity index (χ0v) is 10.4. The molecule has 0 spiro atoms. The zero-order chi connectivity index (χ0) is 11.8. The molecule has 0 aromatic carbocycles. The van der Waals surface area contributed by atoms with Gasteiger partial charge in [-0.2, -0.15) is 0 Å². The quantitative estimate of drug-likeness (QED) is 0.764. The average molecular weight is 221 g/mol. The van der Waals surface area contributed by atoms with Gasteiger partial charge in [-0.1, -0.05) is 6.92 Å². The maximum atomic E-state index is 5.59. The largest absolute Gasteiger partial charge is 0.330 e.